The van der Waals surface area contributed by atoms with Gasteiger partial charge in [0.15, 0.2) is 11.1 Å². The number of nitrogens with zero attached hydrogens (tertiary/aromatic N) is 2. The second-order valence-corrected chi connectivity index (χ2v) is 7.05. The summed E-state index contributed by atoms with van der Waals surface area (Å²) in [6, 6.07) is 2.11. The van der Waals surface area contributed by atoms with Crippen molar-refractivity contribution < 1.29 is 26.7 Å². The maximum atomic E-state index is 12.7. The SMILES string of the molecule is C[C@H](N)/C=C\c1c(S(=O)O)cn(C)c1C(=O)Nc1ccnc(CC(F)(F)F)c1. The number of hydrogen-bond acceptors (Lipinski definition) is 4. The molecular weight excluding hydrogens is 397 g/mol. The number of aromatic nitrogens is 2. The minimum Gasteiger partial charge on any atom is -0.345 e. The van der Waals surface area contributed by atoms with Crippen molar-refractivity contribution in [3.05, 3.63) is 47.6 Å². The average molecular weight is 416 g/mol. The molecule has 0 saturated heterocycles. The number of hydrogen-bond donors (Lipinski definition) is 3. The van der Waals surface area contributed by atoms with E-state index in [9.17, 15) is 26.7 Å². The number of carbonyl (C=O) groups is 1. The fraction of sp³-hybridized carbons (Fsp3) is 0.294. The van der Waals surface area contributed by atoms with E-state index in [0.717, 1.165) is 12.3 Å². The molecule has 2 atom stereocenters. The maximum Gasteiger partial charge on any atom is 0.394 e. The highest BCUT2D eigenvalue weighted by atomic mass is 32.2. The van der Waals surface area contributed by atoms with Gasteiger partial charge in [-0.1, -0.05) is 12.2 Å². The highest BCUT2D eigenvalue weighted by Gasteiger charge is 2.28. The predicted molar refractivity (Wildman–Crippen MR) is 99.1 cm³/mol. The summed E-state index contributed by atoms with van der Waals surface area (Å²) in [5, 5.41) is 2.49. The van der Waals surface area contributed by atoms with Crippen LogP contribution in [0.1, 0.15) is 28.7 Å². The molecule has 28 heavy (non-hydrogen) atoms. The van der Waals surface area contributed by atoms with Crippen LogP contribution >= 0.6 is 0 Å². The van der Waals surface area contributed by atoms with E-state index in [4.69, 9.17) is 5.73 Å². The molecule has 0 aliphatic carbocycles. The zero-order valence-corrected chi connectivity index (χ0v) is 15.8. The molecular formula is C17H19F3N4O3S. The van der Waals surface area contributed by atoms with E-state index in [1.165, 1.54) is 30.0 Å². The molecule has 0 aliphatic heterocycles. The number of nitrogens with two attached hydrogens (primary N) is 1. The quantitative estimate of drug-likeness (QED) is 0.627. The molecule has 0 saturated carbocycles. The zero-order valence-electron chi connectivity index (χ0n) is 15.0. The van der Waals surface area contributed by atoms with Gasteiger partial charge in [0.05, 0.1) is 17.0 Å². The molecule has 0 radical (unpaired) electrons. The maximum absolute atomic E-state index is 12.7. The molecule has 2 aromatic rings. The second-order valence-electron chi connectivity index (χ2n) is 6.12. The Morgan fingerprint density at radius 2 is 2.18 bits per heavy atom. The molecule has 1 amide bonds. The van der Waals surface area contributed by atoms with Crippen LogP contribution in [0, 0.1) is 0 Å². The van der Waals surface area contributed by atoms with Crippen LogP contribution in [-0.4, -0.2) is 36.4 Å². The standard InChI is InChI=1S/C17H19F3N4O3S/c1-10(21)3-4-13-14(28(26)27)9-24(2)15(13)16(25)23-11-5-6-22-12(7-11)8-17(18,19)20/h3-7,9-10H,8,21H2,1-2H3,(H,26,27)(H,22,23,25)/b4-3-/t10-/m0/s1. The predicted octanol–water partition coefficient (Wildman–Crippen LogP) is 2.72. The number of alkyl halides is 3. The summed E-state index contributed by atoms with van der Waals surface area (Å²) >= 11 is -2.35. The topological polar surface area (TPSA) is 110 Å². The fourth-order valence-electron chi connectivity index (χ4n) is 2.50. The first-order valence-electron chi connectivity index (χ1n) is 8.05. The number of aryl methyl sites for hydroxylation is 1. The number of rotatable bonds is 6. The first-order valence-corrected chi connectivity index (χ1v) is 9.15. The summed E-state index contributed by atoms with van der Waals surface area (Å²) in [6.07, 6.45) is -0.150. The van der Waals surface area contributed by atoms with Crippen molar-refractivity contribution in [2.75, 3.05) is 5.32 Å². The highest BCUT2D eigenvalue weighted by molar-refractivity contribution is 7.79. The summed E-state index contributed by atoms with van der Waals surface area (Å²) in [5.41, 5.74) is 5.79. The average Bonchev–Trinajstić information content (AvgIpc) is 2.88. The molecule has 0 bridgehead atoms. The lowest BCUT2D eigenvalue weighted by Gasteiger charge is -2.10. The van der Waals surface area contributed by atoms with Crippen molar-refractivity contribution in [3.8, 4) is 0 Å². The van der Waals surface area contributed by atoms with Gasteiger partial charge in [0, 0.05) is 36.7 Å². The third-order valence-electron chi connectivity index (χ3n) is 3.61. The van der Waals surface area contributed by atoms with Gasteiger partial charge >= 0.3 is 6.18 Å². The summed E-state index contributed by atoms with van der Waals surface area (Å²) in [6.45, 7) is 1.69. The number of nitrogens with one attached hydrogen (secondary N) is 1. The van der Waals surface area contributed by atoms with Gasteiger partial charge in [-0.05, 0) is 19.1 Å². The van der Waals surface area contributed by atoms with Crippen LogP contribution in [-0.2, 0) is 24.5 Å². The fourth-order valence-corrected chi connectivity index (χ4v) is 3.10. The van der Waals surface area contributed by atoms with Crippen LogP contribution in [0.2, 0.25) is 0 Å². The monoisotopic (exact) mass is 416 g/mol. The van der Waals surface area contributed by atoms with E-state index in [1.807, 2.05) is 0 Å². The lowest BCUT2D eigenvalue weighted by atomic mass is 10.1. The number of anilines is 1. The molecule has 11 heteroatoms. The Morgan fingerprint density at radius 3 is 2.75 bits per heavy atom. The Morgan fingerprint density at radius 1 is 1.50 bits per heavy atom. The lowest BCUT2D eigenvalue weighted by Crippen LogP contribution is -2.18. The van der Waals surface area contributed by atoms with Gasteiger partial charge in [0.25, 0.3) is 5.91 Å². The Kier molecular flexibility index (Phi) is 6.75. The minimum absolute atomic E-state index is 0.0111. The van der Waals surface area contributed by atoms with Gasteiger partial charge in [0.1, 0.15) is 5.69 Å². The van der Waals surface area contributed by atoms with Crippen molar-refractivity contribution >= 4 is 28.8 Å². The van der Waals surface area contributed by atoms with Gasteiger partial charge in [-0.2, -0.15) is 13.2 Å². The van der Waals surface area contributed by atoms with E-state index in [0.29, 0.717) is 0 Å². The summed E-state index contributed by atoms with van der Waals surface area (Å²) in [7, 11) is 1.51. The van der Waals surface area contributed by atoms with Gasteiger partial charge in [-0.15, -0.1) is 0 Å². The van der Waals surface area contributed by atoms with Crippen LogP contribution in [0.5, 0.6) is 0 Å². The van der Waals surface area contributed by atoms with E-state index in [1.54, 1.807) is 13.0 Å². The van der Waals surface area contributed by atoms with Crippen molar-refractivity contribution in [1.29, 1.82) is 0 Å². The minimum atomic E-state index is -4.43. The summed E-state index contributed by atoms with van der Waals surface area (Å²) in [4.78, 5) is 16.4. The molecule has 4 N–H and O–H groups in total. The molecule has 0 fully saturated rings. The van der Waals surface area contributed by atoms with Crippen LogP contribution in [0.15, 0.2) is 35.5 Å². The van der Waals surface area contributed by atoms with Gasteiger partial charge in [-0.25, -0.2) is 4.21 Å². The van der Waals surface area contributed by atoms with Gasteiger partial charge in [-0.3, -0.25) is 9.78 Å². The molecule has 2 aromatic heterocycles. The molecule has 0 aliphatic rings. The number of pyridine rings is 1. The largest absolute Gasteiger partial charge is 0.394 e. The second kappa shape index (κ2) is 8.67. The van der Waals surface area contributed by atoms with Crippen molar-refractivity contribution in [2.45, 2.75) is 30.5 Å². The lowest BCUT2D eigenvalue weighted by molar-refractivity contribution is -0.127. The number of halogens is 3. The summed E-state index contributed by atoms with van der Waals surface area (Å²) in [5.74, 6) is -0.660. The van der Waals surface area contributed by atoms with Crippen molar-refractivity contribution in [3.63, 3.8) is 0 Å². The summed E-state index contributed by atoms with van der Waals surface area (Å²) < 4.78 is 60.0. The van der Waals surface area contributed by atoms with E-state index >= 15 is 0 Å². The number of carbonyl (C=O) groups excluding carboxylic acids is 1. The molecule has 0 aromatic carbocycles. The third-order valence-corrected chi connectivity index (χ3v) is 4.31. The van der Waals surface area contributed by atoms with Crippen LogP contribution in [0.25, 0.3) is 6.08 Å². The van der Waals surface area contributed by atoms with Crippen LogP contribution in [0.3, 0.4) is 0 Å². The van der Waals surface area contributed by atoms with E-state index < -0.39 is 29.6 Å². The first-order chi connectivity index (χ1) is 13.0. The molecule has 1 unspecified atom stereocenters. The number of amides is 1. The molecule has 2 rings (SSSR count). The van der Waals surface area contributed by atoms with Crippen molar-refractivity contribution in [1.82, 2.24) is 9.55 Å². The van der Waals surface area contributed by atoms with E-state index in [-0.39, 0.29) is 33.6 Å². The highest BCUT2D eigenvalue weighted by Crippen LogP contribution is 2.24. The normalized spacial score (nSPS) is 14.2. The third kappa shape index (κ3) is 5.75. The molecule has 2 heterocycles. The van der Waals surface area contributed by atoms with Gasteiger partial charge < -0.3 is 20.2 Å². The Labute approximate surface area is 161 Å². The van der Waals surface area contributed by atoms with Crippen LogP contribution in [0.4, 0.5) is 18.9 Å². The Balaban J connectivity index is 2.37. The molecule has 0 spiro atoms. The Bertz CT molecular complexity index is 923. The molecule has 7 nitrogen and oxygen atoms in total. The van der Waals surface area contributed by atoms with E-state index in [2.05, 4.69) is 10.3 Å². The van der Waals surface area contributed by atoms with Crippen LogP contribution < -0.4 is 11.1 Å². The molecule has 152 valence electrons. The first kappa shape index (κ1) is 21.8. The van der Waals surface area contributed by atoms with Crippen molar-refractivity contribution in [2.24, 2.45) is 12.8 Å². The Hall–Kier alpha value is -2.50. The smallest absolute Gasteiger partial charge is 0.345 e. The van der Waals surface area contributed by atoms with Gasteiger partial charge in [0.2, 0.25) is 0 Å². The zero-order chi connectivity index (χ0) is 21.1.